The second kappa shape index (κ2) is 8.01. The maximum Gasteiger partial charge on any atom is 0.324 e. The number of rotatable bonds is 6. The monoisotopic (exact) mass is 423 g/mol. The van der Waals surface area contributed by atoms with E-state index in [0.717, 1.165) is 0 Å². The molecule has 1 heterocycles. The molecule has 154 valence electrons. The minimum absolute atomic E-state index is 0.150. The number of non-ortho nitro benzene ring substituents is 1. The van der Waals surface area contributed by atoms with Gasteiger partial charge < -0.3 is 10.2 Å². The summed E-state index contributed by atoms with van der Waals surface area (Å²) in [4.78, 5) is 33.4. The molecule has 1 fully saturated rings. The zero-order valence-electron chi connectivity index (χ0n) is 15.0. The van der Waals surface area contributed by atoms with Gasteiger partial charge in [0.05, 0.1) is 38.7 Å². The number of aliphatic hydroxyl groups excluding tert-OH is 1. The molecule has 0 spiro atoms. The van der Waals surface area contributed by atoms with Crippen LogP contribution in [0, 0.1) is 25.1 Å². The second-order valence-corrected chi connectivity index (χ2v) is 9.48. The number of hydrogen-bond donors (Lipinski definition) is 1. The molecule has 1 aliphatic heterocycles. The van der Waals surface area contributed by atoms with E-state index in [9.17, 15) is 35.3 Å². The van der Waals surface area contributed by atoms with Crippen LogP contribution in [0.15, 0.2) is 47.4 Å². The van der Waals surface area contributed by atoms with E-state index in [0.29, 0.717) is 41.4 Å². The molecule has 0 aliphatic carbocycles. The van der Waals surface area contributed by atoms with Gasteiger partial charge >= 0.3 is 5.69 Å². The minimum atomic E-state index is -2.26. The van der Waals surface area contributed by atoms with E-state index in [4.69, 9.17) is 4.28 Å². The first-order valence-corrected chi connectivity index (χ1v) is 10.5. The molecule has 2 aromatic carbocycles. The SMILES string of the molecule is O=[N+]([O-])c1cc([N+](=O)[O-])c([O-])c([N+](=O)OS2(c3ccccc3)CCC(O)CC2)c1. The summed E-state index contributed by atoms with van der Waals surface area (Å²) in [5, 5.41) is 44.3. The number of benzene rings is 2. The van der Waals surface area contributed by atoms with E-state index in [1.165, 1.54) is 0 Å². The lowest BCUT2D eigenvalue weighted by Crippen LogP contribution is -2.28. The third-order valence-electron chi connectivity index (χ3n) is 4.58. The van der Waals surface area contributed by atoms with Crippen LogP contribution in [-0.2, 0) is 4.28 Å². The first-order valence-electron chi connectivity index (χ1n) is 8.56. The smallest absolute Gasteiger partial charge is 0.324 e. The number of nitro benzene ring substituents is 2. The van der Waals surface area contributed by atoms with Crippen molar-refractivity contribution in [2.75, 3.05) is 11.5 Å². The summed E-state index contributed by atoms with van der Waals surface area (Å²) in [5.41, 5.74) is -2.68. The molecule has 0 bridgehead atoms. The summed E-state index contributed by atoms with van der Waals surface area (Å²) in [6.07, 6.45) is 0.200. The lowest BCUT2D eigenvalue weighted by Gasteiger charge is -2.38. The average Bonchev–Trinajstić information content (AvgIpc) is 2.70. The van der Waals surface area contributed by atoms with E-state index in [1.807, 2.05) is 0 Å². The van der Waals surface area contributed by atoms with Crippen molar-refractivity contribution in [3.63, 3.8) is 0 Å². The molecule has 0 unspecified atom stereocenters. The van der Waals surface area contributed by atoms with Gasteiger partial charge in [0.1, 0.15) is 0 Å². The standard InChI is InChI=1S/C17H17N3O8S/c21-13-6-8-29(9-7-13,14-4-2-1-3-5-14)28-20(27)16-11-12(18(23)24)10-15(17(16)22)19(25)26/h1-5,10-11,13,21H,6-9H2. The van der Waals surface area contributed by atoms with Crippen molar-refractivity contribution in [3.8, 4) is 5.75 Å². The molecule has 1 aliphatic rings. The molecule has 12 heteroatoms. The van der Waals surface area contributed by atoms with Gasteiger partial charge in [0.15, 0.2) is 0 Å². The van der Waals surface area contributed by atoms with E-state index >= 15 is 0 Å². The Kier molecular flexibility index (Phi) is 5.66. The summed E-state index contributed by atoms with van der Waals surface area (Å²) in [7, 11) is -2.26. The fourth-order valence-electron chi connectivity index (χ4n) is 3.05. The summed E-state index contributed by atoms with van der Waals surface area (Å²) in [6, 6.07) is 9.98. The molecule has 11 nitrogen and oxygen atoms in total. The van der Waals surface area contributed by atoms with Crippen molar-refractivity contribution < 1.29 is 29.3 Å². The highest BCUT2D eigenvalue weighted by atomic mass is 32.3. The fourth-order valence-corrected chi connectivity index (χ4v) is 6.26. The zero-order valence-corrected chi connectivity index (χ0v) is 15.8. The Balaban J connectivity index is 2.03. The van der Waals surface area contributed by atoms with Gasteiger partial charge in [0.25, 0.3) is 16.3 Å². The normalized spacial score (nSPS) is 23.6. The van der Waals surface area contributed by atoms with Gasteiger partial charge in [-0.05, 0) is 25.0 Å². The molecule has 1 N–H and O–H groups in total. The number of hydrogen-bond acceptors (Lipinski definition) is 8. The maximum atomic E-state index is 12.8. The Hall–Kier alpha value is -3.25. The van der Waals surface area contributed by atoms with Crippen molar-refractivity contribution in [1.29, 1.82) is 0 Å². The molecule has 0 amide bonds. The molecule has 2 aromatic rings. The molecular weight excluding hydrogens is 406 g/mol. The molecule has 29 heavy (non-hydrogen) atoms. The minimum Gasteiger partial charge on any atom is -0.863 e. The number of nitrogens with zero attached hydrogens (tertiary/aromatic N) is 3. The van der Waals surface area contributed by atoms with Crippen molar-refractivity contribution in [2.45, 2.75) is 23.8 Å². The van der Waals surface area contributed by atoms with Crippen LogP contribution in [0.1, 0.15) is 12.8 Å². The Morgan fingerprint density at radius 1 is 0.966 bits per heavy atom. The predicted octanol–water partition coefficient (Wildman–Crippen LogP) is 2.85. The Bertz CT molecular complexity index is 961. The lowest BCUT2D eigenvalue weighted by atomic mass is 10.2. The summed E-state index contributed by atoms with van der Waals surface area (Å²) in [6.45, 7) is 0. The summed E-state index contributed by atoms with van der Waals surface area (Å²) < 4.78 is 5.65. The number of aliphatic hydroxyl groups is 1. The quantitative estimate of drug-likeness (QED) is 0.548. The van der Waals surface area contributed by atoms with E-state index in [1.54, 1.807) is 30.3 Å². The summed E-state index contributed by atoms with van der Waals surface area (Å²) in [5.74, 6) is -0.598. The van der Waals surface area contributed by atoms with Crippen LogP contribution < -0.4 is 5.11 Å². The van der Waals surface area contributed by atoms with Crippen LogP contribution in [0.5, 0.6) is 5.75 Å². The van der Waals surface area contributed by atoms with Gasteiger partial charge in [0, 0.05) is 26.7 Å². The van der Waals surface area contributed by atoms with E-state index < -0.39 is 49.1 Å². The highest BCUT2D eigenvalue weighted by Gasteiger charge is 2.41. The molecular formula is C17H17N3O8S. The Labute approximate surface area is 165 Å². The molecule has 3 rings (SSSR count). The second-order valence-electron chi connectivity index (χ2n) is 6.42. The van der Waals surface area contributed by atoms with E-state index in [-0.39, 0.29) is 4.92 Å². The van der Waals surface area contributed by atoms with E-state index in [2.05, 4.69) is 0 Å². The van der Waals surface area contributed by atoms with Crippen LogP contribution in [0.3, 0.4) is 0 Å². The third kappa shape index (κ3) is 4.12. The molecule has 1 saturated heterocycles. The largest absolute Gasteiger partial charge is 0.863 e. The number of nitro groups is 2. The van der Waals surface area contributed by atoms with Gasteiger partial charge in [-0.1, -0.05) is 18.2 Å². The Morgan fingerprint density at radius 3 is 2.10 bits per heavy atom. The van der Waals surface area contributed by atoms with Crippen molar-refractivity contribution >= 4 is 27.4 Å². The van der Waals surface area contributed by atoms with Crippen molar-refractivity contribution in [1.82, 2.24) is 0 Å². The topological polar surface area (TPSA) is 159 Å². The first-order chi connectivity index (χ1) is 13.7. The summed E-state index contributed by atoms with van der Waals surface area (Å²) >= 11 is 0. The van der Waals surface area contributed by atoms with Crippen LogP contribution in [-0.4, -0.2) is 37.5 Å². The lowest BCUT2D eigenvalue weighted by molar-refractivity contribution is -0.699. The van der Waals surface area contributed by atoms with Gasteiger partial charge in [-0.15, -0.1) is 0 Å². The maximum absolute atomic E-state index is 12.8. The molecule has 0 aromatic heterocycles. The highest BCUT2D eigenvalue weighted by molar-refractivity contribution is 8.29. The zero-order chi connectivity index (χ0) is 21.2. The molecule has 0 atom stereocenters. The Morgan fingerprint density at radius 2 is 1.55 bits per heavy atom. The van der Waals surface area contributed by atoms with Crippen LogP contribution in [0.25, 0.3) is 0 Å². The molecule has 0 saturated carbocycles. The van der Waals surface area contributed by atoms with Crippen LogP contribution in [0.2, 0.25) is 0 Å². The highest BCUT2D eigenvalue weighted by Crippen LogP contribution is 2.60. The van der Waals surface area contributed by atoms with Gasteiger partial charge in [-0.2, -0.15) is 4.28 Å². The predicted molar refractivity (Wildman–Crippen MR) is 101 cm³/mol. The van der Waals surface area contributed by atoms with Gasteiger partial charge in [0.2, 0.25) is 0 Å². The molecule has 0 radical (unpaired) electrons. The first kappa shape index (κ1) is 20.5. The van der Waals surface area contributed by atoms with Crippen molar-refractivity contribution in [2.24, 2.45) is 0 Å². The van der Waals surface area contributed by atoms with Crippen LogP contribution in [0.4, 0.5) is 17.1 Å². The van der Waals surface area contributed by atoms with Crippen LogP contribution >= 0.6 is 10.3 Å². The van der Waals surface area contributed by atoms with Gasteiger partial charge in [-0.25, -0.2) is 0 Å². The van der Waals surface area contributed by atoms with Gasteiger partial charge in [-0.3, -0.25) is 20.2 Å². The fraction of sp³-hybridized carbons (Fsp3) is 0.294. The third-order valence-corrected chi connectivity index (χ3v) is 7.93. The van der Waals surface area contributed by atoms with Crippen molar-refractivity contribution in [3.05, 3.63) is 67.6 Å². The average molecular weight is 423 g/mol.